The Morgan fingerprint density at radius 2 is 1.41 bits per heavy atom. The van der Waals surface area contributed by atoms with Gasteiger partial charge in [0.25, 0.3) is 0 Å². The van der Waals surface area contributed by atoms with Gasteiger partial charge < -0.3 is 9.47 Å². The highest BCUT2D eigenvalue weighted by atomic mass is 32.2. The molecule has 2 aliphatic carbocycles. The molecule has 5 rings (SSSR count). The fraction of sp³-hybridized carbons (Fsp3) is 0.333. The molecule has 3 atom stereocenters. The minimum atomic E-state index is -3.55. The van der Waals surface area contributed by atoms with E-state index in [1.165, 1.54) is 23.3 Å². The summed E-state index contributed by atoms with van der Waals surface area (Å²) >= 11 is 0. The standard InChI is InChI=1S/C27H28FNO4S/c28-23-9-12-24(13-10-23)32-14-15-33-25-11-8-19-16-20-6-7-21(17-22(19)18-25)27(20)29-34(30,31)26-4-2-1-3-5-26/h1-5,8-13,18,20-21,27,29H,6-7,14-17H2. The van der Waals surface area contributed by atoms with E-state index in [9.17, 15) is 12.8 Å². The van der Waals surface area contributed by atoms with Gasteiger partial charge in [-0.25, -0.2) is 17.5 Å². The van der Waals surface area contributed by atoms with Crippen LogP contribution in [0.3, 0.4) is 0 Å². The topological polar surface area (TPSA) is 64.6 Å². The number of benzene rings is 3. The van der Waals surface area contributed by atoms with Crippen molar-refractivity contribution in [1.82, 2.24) is 4.72 Å². The van der Waals surface area contributed by atoms with Crippen molar-refractivity contribution < 1.29 is 22.3 Å². The minimum absolute atomic E-state index is 0.0638. The zero-order valence-electron chi connectivity index (χ0n) is 18.8. The smallest absolute Gasteiger partial charge is 0.240 e. The van der Waals surface area contributed by atoms with Crippen LogP contribution in [0.2, 0.25) is 0 Å². The van der Waals surface area contributed by atoms with Crippen LogP contribution in [0.5, 0.6) is 11.5 Å². The SMILES string of the molecule is O=S(=O)(NC1C2CCC1Cc1cc(OCCOc3ccc(F)cc3)ccc1C2)c1ccccc1. The second kappa shape index (κ2) is 9.76. The van der Waals surface area contributed by atoms with Gasteiger partial charge >= 0.3 is 0 Å². The molecule has 0 aromatic heterocycles. The number of rotatable bonds is 8. The molecule has 1 N–H and O–H groups in total. The molecule has 0 amide bonds. The second-order valence-electron chi connectivity index (χ2n) is 9.05. The number of nitrogens with one attached hydrogen (secondary N) is 1. The van der Waals surface area contributed by atoms with E-state index < -0.39 is 10.0 Å². The Labute approximate surface area is 200 Å². The molecule has 0 aliphatic heterocycles. The van der Waals surface area contributed by atoms with Crippen LogP contribution in [0.25, 0.3) is 0 Å². The number of hydrogen-bond donors (Lipinski definition) is 1. The molecule has 3 aromatic carbocycles. The Kier molecular flexibility index (Phi) is 6.57. The van der Waals surface area contributed by atoms with Crippen molar-refractivity contribution in [1.29, 1.82) is 0 Å². The van der Waals surface area contributed by atoms with E-state index in [1.54, 1.807) is 36.4 Å². The summed E-state index contributed by atoms with van der Waals surface area (Å²) in [5, 5.41) is 0. The third-order valence-electron chi connectivity index (χ3n) is 6.85. The van der Waals surface area contributed by atoms with Gasteiger partial charge in [-0.05, 0) is 97.2 Å². The van der Waals surface area contributed by atoms with E-state index >= 15 is 0 Å². The summed E-state index contributed by atoms with van der Waals surface area (Å²) in [4.78, 5) is 0.315. The molecule has 1 saturated carbocycles. The van der Waals surface area contributed by atoms with Gasteiger partial charge in [-0.2, -0.15) is 0 Å². The van der Waals surface area contributed by atoms with Crippen molar-refractivity contribution in [3.63, 3.8) is 0 Å². The summed E-state index contributed by atoms with van der Waals surface area (Å²) in [5.41, 5.74) is 2.50. The average Bonchev–Trinajstić information content (AvgIpc) is 3.11. The monoisotopic (exact) mass is 481 g/mol. The summed E-state index contributed by atoms with van der Waals surface area (Å²) in [6, 6.07) is 20.6. The Morgan fingerprint density at radius 1 is 0.794 bits per heavy atom. The Morgan fingerprint density at radius 3 is 2.12 bits per heavy atom. The third kappa shape index (κ3) is 5.10. The molecular weight excluding hydrogens is 453 g/mol. The Balaban J connectivity index is 1.22. The van der Waals surface area contributed by atoms with Gasteiger partial charge in [0.15, 0.2) is 0 Å². The molecule has 178 valence electrons. The number of hydrogen-bond acceptors (Lipinski definition) is 4. The molecule has 34 heavy (non-hydrogen) atoms. The number of halogens is 1. The van der Waals surface area contributed by atoms with Gasteiger partial charge in [0.2, 0.25) is 10.0 Å². The van der Waals surface area contributed by atoms with Crippen LogP contribution < -0.4 is 14.2 Å². The van der Waals surface area contributed by atoms with Crippen LogP contribution in [0.15, 0.2) is 77.7 Å². The van der Waals surface area contributed by atoms with Gasteiger partial charge in [0, 0.05) is 6.04 Å². The molecule has 5 nitrogen and oxygen atoms in total. The zero-order valence-corrected chi connectivity index (χ0v) is 19.6. The molecule has 3 unspecified atom stereocenters. The van der Waals surface area contributed by atoms with Gasteiger partial charge in [-0.3, -0.25) is 0 Å². The van der Waals surface area contributed by atoms with Crippen molar-refractivity contribution in [3.05, 3.63) is 89.7 Å². The van der Waals surface area contributed by atoms with E-state index in [1.807, 2.05) is 12.1 Å². The maximum Gasteiger partial charge on any atom is 0.240 e. The van der Waals surface area contributed by atoms with E-state index in [-0.39, 0.29) is 17.8 Å². The van der Waals surface area contributed by atoms with Crippen LogP contribution in [0.1, 0.15) is 24.0 Å². The number of ether oxygens (including phenoxy) is 2. The van der Waals surface area contributed by atoms with E-state index in [2.05, 4.69) is 16.9 Å². The number of fused-ring (bicyclic) bond motifs is 3. The predicted molar refractivity (Wildman–Crippen MR) is 128 cm³/mol. The van der Waals surface area contributed by atoms with Crippen molar-refractivity contribution in [2.24, 2.45) is 11.8 Å². The lowest BCUT2D eigenvalue weighted by molar-refractivity contribution is 0.217. The first-order chi connectivity index (χ1) is 16.5. The van der Waals surface area contributed by atoms with Crippen LogP contribution >= 0.6 is 0 Å². The largest absolute Gasteiger partial charge is 0.490 e. The molecule has 0 saturated heterocycles. The van der Waals surface area contributed by atoms with Gasteiger partial charge in [0.05, 0.1) is 4.90 Å². The molecule has 0 spiro atoms. The van der Waals surface area contributed by atoms with Gasteiger partial charge in [-0.1, -0.05) is 24.3 Å². The lowest BCUT2D eigenvalue weighted by atomic mass is 9.93. The summed E-state index contributed by atoms with van der Waals surface area (Å²) < 4.78 is 53.4. The quantitative estimate of drug-likeness (QED) is 0.472. The fourth-order valence-corrected chi connectivity index (χ4v) is 6.56. The van der Waals surface area contributed by atoms with Crippen molar-refractivity contribution >= 4 is 10.0 Å². The highest BCUT2D eigenvalue weighted by molar-refractivity contribution is 7.89. The van der Waals surface area contributed by atoms with Crippen LogP contribution in [0.4, 0.5) is 4.39 Å². The zero-order chi connectivity index (χ0) is 23.5. The van der Waals surface area contributed by atoms with Crippen molar-refractivity contribution in [2.75, 3.05) is 13.2 Å². The molecule has 2 bridgehead atoms. The molecule has 1 fully saturated rings. The van der Waals surface area contributed by atoms with Crippen LogP contribution in [-0.4, -0.2) is 27.7 Å². The first-order valence-electron chi connectivity index (χ1n) is 11.7. The molecule has 0 heterocycles. The molecule has 7 heteroatoms. The summed E-state index contributed by atoms with van der Waals surface area (Å²) in [5.74, 6) is 1.65. The molecule has 2 aliphatic rings. The lowest BCUT2D eigenvalue weighted by Gasteiger charge is -2.23. The van der Waals surface area contributed by atoms with Crippen LogP contribution in [-0.2, 0) is 22.9 Å². The van der Waals surface area contributed by atoms with E-state index in [4.69, 9.17) is 9.47 Å². The first kappa shape index (κ1) is 22.9. The Hall–Kier alpha value is -2.90. The van der Waals surface area contributed by atoms with Crippen molar-refractivity contribution in [3.8, 4) is 11.5 Å². The van der Waals surface area contributed by atoms with E-state index in [0.717, 1.165) is 31.4 Å². The minimum Gasteiger partial charge on any atom is -0.490 e. The van der Waals surface area contributed by atoms with Crippen LogP contribution in [0, 0.1) is 17.7 Å². The summed E-state index contributed by atoms with van der Waals surface area (Å²) in [6.45, 7) is 0.735. The van der Waals surface area contributed by atoms with Crippen molar-refractivity contribution in [2.45, 2.75) is 36.6 Å². The highest BCUT2D eigenvalue weighted by Crippen LogP contribution is 2.41. The molecule has 0 radical (unpaired) electrons. The summed E-state index contributed by atoms with van der Waals surface area (Å²) in [6.07, 6.45) is 3.74. The summed E-state index contributed by atoms with van der Waals surface area (Å²) in [7, 11) is -3.55. The van der Waals surface area contributed by atoms with E-state index in [0.29, 0.717) is 29.8 Å². The predicted octanol–water partition coefficient (Wildman–Crippen LogP) is 4.76. The highest BCUT2D eigenvalue weighted by Gasteiger charge is 2.41. The average molecular weight is 482 g/mol. The van der Waals surface area contributed by atoms with Gasteiger partial charge in [0.1, 0.15) is 30.5 Å². The second-order valence-corrected chi connectivity index (χ2v) is 10.8. The Bertz CT molecular complexity index is 1230. The maximum absolute atomic E-state index is 13.0. The molecule has 3 aromatic rings. The first-order valence-corrected chi connectivity index (χ1v) is 13.2. The normalized spacial score (nSPS) is 21.5. The fourth-order valence-electron chi connectivity index (χ4n) is 5.17. The molecular formula is C27H28FNO4S. The number of sulfonamides is 1. The lowest BCUT2D eigenvalue weighted by Crippen LogP contribution is -2.41. The van der Waals surface area contributed by atoms with Gasteiger partial charge in [-0.15, -0.1) is 0 Å². The third-order valence-corrected chi connectivity index (χ3v) is 8.32. The maximum atomic E-state index is 13.0.